The molecule has 1 aliphatic carbocycles. The summed E-state index contributed by atoms with van der Waals surface area (Å²) in [5.41, 5.74) is 0. The maximum absolute atomic E-state index is 11.5. The third-order valence-corrected chi connectivity index (χ3v) is 3.55. The monoisotopic (exact) mass is 241 g/mol. The number of carbonyl (C=O) groups excluding carboxylic acids is 1. The summed E-state index contributed by atoms with van der Waals surface area (Å²) in [5.74, 6) is 0.747. The lowest BCUT2D eigenvalue weighted by Gasteiger charge is -2.26. The molecule has 100 valence electrons. The Morgan fingerprint density at radius 1 is 1.29 bits per heavy atom. The van der Waals surface area contributed by atoms with Crippen molar-refractivity contribution < 1.29 is 9.53 Å². The molecule has 0 heterocycles. The van der Waals surface area contributed by atoms with E-state index in [0.29, 0.717) is 19.1 Å². The minimum atomic E-state index is -0.0609. The zero-order chi connectivity index (χ0) is 12.5. The van der Waals surface area contributed by atoms with Crippen molar-refractivity contribution in [2.75, 3.05) is 13.2 Å². The van der Waals surface area contributed by atoms with Crippen LogP contribution in [-0.2, 0) is 9.53 Å². The normalized spacial score (nSPS) is 18.9. The number of rotatable bonds is 7. The Balaban J connectivity index is 2.32. The van der Waals surface area contributed by atoms with E-state index in [0.717, 1.165) is 18.9 Å². The molecule has 0 aliphatic heterocycles. The number of esters is 1. The highest BCUT2D eigenvalue weighted by atomic mass is 16.5. The van der Waals surface area contributed by atoms with Crippen LogP contribution in [0.3, 0.4) is 0 Å². The van der Waals surface area contributed by atoms with Crippen LogP contribution in [0.1, 0.15) is 58.8 Å². The molecule has 0 saturated heterocycles. The molecule has 0 amide bonds. The van der Waals surface area contributed by atoms with Gasteiger partial charge in [0, 0.05) is 6.04 Å². The predicted octanol–water partition coefficient (Wildman–Crippen LogP) is 2.89. The molecule has 1 fully saturated rings. The van der Waals surface area contributed by atoms with Gasteiger partial charge >= 0.3 is 5.97 Å². The van der Waals surface area contributed by atoms with E-state index in [2.05, 4.69) is 12.2 Å². The van der Waals surface area contributed by atoms with Gasteiger partial charge in [-0.25, -0.2) is 0 Å². The second-order valence-corrected chi connectivity index (χ2v) is 5.00. The number of nitrogens with one attached hydrogen (secondary N) is 1. The number of hydrogen-bond acceptors (Lipinski definition) is 3. The van der Waals surface area contributed by atoms with Crippen molar-refractivity contribution in [2.24, 2.45) is 5.92 Å². The van der Waals surface area contributed by atoms with Crippen LogP contribution in [0.25, 0.3) is 0 Å². The fourth-order valence-electron chi connectivity index (χ4n) is 2.77. The first-order valence-electron chi connectivity index (χ1n) is 7.15. The predicted molar refractivity (Wildman–Crippen MR) is 69.9 cm³/mol. The summed E-state index contributed by atoms with van der Waals surface area (Å²) in [5, 5.41) is 3.42. The molecule has 17 heavy (non-hydrogen) atoms. The van der Waals surface area contributed by atoms with Gasteiger partial charge in [0.05, 0.1) is 13.0 Å². The van der Waals surface area contributed by atoms with E-state index < -0.39 is 0 Å². The molecule has 1 unspecified atom stereocenters. The second-order valence-electron chi connectivity index (χ2n) is 5.00. The van der Waals surface area contributed by atoms with Crippen LogP contribution in [0.4, 0.5) is 0 Å². The molecule has 0 spiro atoms. The summed E-state index contributed by atoms with van der Waals surface area (Å²) >= 11 is 0. The maximum Gasteiger partial charge on any atom is 0.307 e. The van der Waals surface area contributed by atoms with Crippen LogP contribution >= 0.6 is 0 Å². The van der Waals surface area contributed by atoms with E-state index in [4.69, 9.17) is 4.74 Å². The van der Waals surface area contributed by atoms with Crippen molar-refractivity contribution in [3.63, 3.8) is 0 Å². The molecule has 0 aromatic rings. The van der Waals surface area contributed by atoms with Gasteiger partial charge in [0.1, 0.15) is 0 Å². The molecule has 3 heteroatoms. The van der Waals surface area contributed by atoms with Crippen molar-refractivity contribution in [3.05, 3.63) is 0 Å². The third-order valence-electron chi connectivity index (χ3n) is 3.55. The molecule has 0 aromatic carbocycles. The Labute approximate surface area is 105 Å². The van der Waals surface area contributed by atoms with Crippen molar-refractivity contribution in [1.82, 2.24) is 5.32 Å². The first-order valence-corrected chi connectivity index (χ1v) is 7.15. The number of ether oxygens (including phenoxy) is 1. The Hall–Kier alpha value is -0.570. The van der Waals surface area contributed by atoms with Crippen molar-refractivity contribution >= 4 is 5.97 Å². The Bertz CT molecular complexity index is 212. The highest BCUT2D eigenvalue weighted by Gasteiger charge is 2.20. The van der Waals surface area contributed by atoms with E-state index in [1.165, 1.54) is 32.1 Å². The Morgan fingerprint density at radius 3 is 2.59 bits per heavy atom. The van der Waals surface area contributed by atoms with Gasteiger partial charge in [-0.1, -0.05) is 39.0 Å². The summed E-state index contributed by atoms with van der Waals surface area (Å²) in [6.07, 6.45) is 8.45. The van der Waals surface area contributed by atoms with E-state index in [1.54, 1.807) is 0 Å². The van der Waals surface area contributed by atoms with Gasteiger partial charge < -0.3 is 10.1 Å². The molecule has 0 bridgehead atoms. The zero-order valence-corrected chi connectivity index (χ0v) is 11.3. The van der Waals surface area contributed by atoms with E-state index >= 15 is 0 Å². The van der Waals surface area contributed by atoms with Gasteiger partial charge in [-0.15, -0.1) is 0 Å². The van der Waals surface area contributed by atoms with Crippen LogP contribution in [0.15, 0.2) is 0 Å². The third kappa shape index (κ3) is 6.06. The molecule has 1 rings (SSSR count). The molecule has 0 aromatic heterocycles. The van der Waals surface area contributed by atoms with E-state index in [1.807, 2.05) is 6.92 Å². The lowest BCUT2D eigenvalue weighted by Crippen LogP contribution is -2.34. The molecule has 1 aliphatic rings. The van der Waals surface area contributed by atoms with Gasteiger partial charge in [0.2, 0.25) is 0 Å². The van der Waals surface area contributed by atoms with Crippen LogP contribution in [0.5, 0.6) is 0 Å². The quantitative estimate of drug-likeness (QED) is 0.697. The lowest BCUT2D eigenvalue weighted by atomic mass is 9.84. The second kappa shape index (κ2) is 8.51. The molecule has 3 nitrogen and oxygen atoms in total. The number of carbonyl (C=O) groups is 1. The van der Waals surface area contributed by atoms with Gasteiger partial charge in [0.25, 0.3) is 0 Å². The molecular formula is C14H27NO2. The molecule has 1 saturated carbocycles. The highest BCUT2D eigenvalue weighted by Crippen LogP contribution is 2.27. The fourth-order valence-corrected chi connectivity index (χ4v) is 2.77. The first kappa shape index (κ1) is 14.5. The largest absolute Gasteiger partial charge is 0.466 e. The van der Waals surface area contributed by atoms with Crippen molar-refractivity contribution in [2.45, 2.75) is 64.8 Å². The fraction of sp³-hybridized carbons (Fsp3) is 0.929. The Morgan fingerprint density at radius 2 is 2.00 bits per heavy atom. The SMILES string of the molecule is CCNC(CC(=O)OCC)CC1CCCCC1. The van der Waals surface area contributed by atoms with Gasteiger partial charge in [-0.05, 0) is 25.8 Å². The van der Waals surface area contributed by atoms with E-state index in [9.17, 15) is 4.79 Å². The minimum absolute atomic E-state index is 0.0609. The topological polar surface area (TPSA) is 38.3 Å². The van der Waals surface area contributed by atoms with Crippen molar-refractivity contribution in [3.8, 4) is 0 Å². The summed E-state index contributed by atoms with van der Waals surface area (Å²) in [6.45, 7) is 5.37. The van der Waals surface area contributed by atoms with Gasteiger partial charge in [0.15, 0.2) is 0 Å². The van der Waals surface area contributed by atoms with Gasteiger partial charge in [-0.2, -0.15) is 0 Å². The average Bonchev–Trinajstić information content (AvgIpc) is 2.31. The van der Waals surface area contributed by atoms with Crippen molar-refractivity contribution in [1.29, 1.82) is 0 Å². The standard InChI is InChI=1S/C14H27NO2/c1-3-15-13(11-14(16)17-4-2)10-12-8-6-5-7-9-12/h12-13,15H,3-11H2,1-2H3. The summed E-state index contributed by atoms with van der Waals surface area (Å²) in [6, 6.07) is 0.308. The van der Waals surface area contributed by atoms with Crippen LogP contribution in [-0.4, -0.2) is 25.2 Å². The van der Waals surface area contributed by atoms with Crippen LogP contribution in [0, 0.1) is 5.92 Å². The summed E-state index contributed by atoms with van der Waals surface area (Å²) < 4.78 is 5.03. The molecule has 1 N–H and O–H groups in total. The zero-order valence-electron chi connectivity index (χ0n) is 11.3. The summed E-state index contributed by atoms with van der Waals surface area (Å²) in [7, 11) is 0. The molecule has 0 radical (unpaired) electrons. The first-order chi connectivity index (χ1) is 8.26. The maximum atomic E-state index is 11.5. The molecular weight excluding hydrogens is 214 g/mol. The molecule has 1 atom stereocenters. The van der Waals surface area contributed by atoms with Crippen LogP contribution in [0.2, 0.25) is 0 Å². The van der Waals surface area contributed by atoms with Crippen LogP contribution < -0.4 is 5.32 Å². The van der Waals surface area contributed by atoms with E-state index in [-0.39, 0.29) is 5.97 Å². The summed E-state index contributed by atoms with van der Waals surface area (Å²) in [4.78, 5) is 11.5. The lowest BCUT2D eigenvalue weighted by molar-refractivity contribution is -0.143. The van der Waals surface area contributed by atoms with Gasteiger partial charge in [-0.3, -0.25) is 4.79 Å². The minimum Gasteiger partial charge on any atom is -0.466 e. The highest BCUT2D eigenvalue weighted by molar-refractivity contribution is 5.70. The number of hydrogen-bond donors (Lipinski definition) is 1. The smallest absolute Gasteiger partial charge is 0.307 e. The Kier molecular flexibility index (Phi) is 7.25. The average molecular weight is 241 g/mol.